The van der Waals surface area contributed by atoms with Crippen LogP contribution in [-0.2, 0) is 6.54 Å². The molecule has 0 aliphatic heterocycles. The number of pyridine rings is 1. The molecule has 0 bridgehead atoms. The van der Waals surface area contributed by atoms with Crippen LogP contribution in [0.4, 0.5) is 10.5 Å². The summed E-state index contributed by atoms with van der Waals surface area (Å²) in [5, 5.41) is 17.2. The summed E-state index contributed by atoms with van der Waals surface area (Å²) in [6, 6.07) is 2.35. The van der Waals surface area contributed by atoms with Crippen LogP contribution in [0.5, 0.6) is 0 Å². The lowest BCUT2D eigenvalue weighted by Crippen LogP contribution is -2.29. The van der Waals surface area contributed by atoms with Crippen molar-refractivity contribution in [1.82, 2.24) is 20.4 Å². The van der Waals surface area contributed by atoms with Gasteiger partial charge in [0.05, 0.1) is 12.2 Å². The lowest BCUT2D eigenvalue weighted by molar-refractivity contribution is 0.0691. The highest BCUT2D eigenvalue weighted by molar-refractivity contribution is 5.98. The van der Waals surface area contributed by atoms with Crippen molar-refractivity contribution in [1.29, 1.82) is 0 Å². The molecule has 0 saturated carbocycles. The molecular weight excluding hydrogens is 254 g/mol. The summed E-state index contributed by atoms with van der Waals surface area (Å²) in [6.45, 7) is 0.0605. The number of amides is 2. The van der Waals surface area contributed by atoms with Gasteiger partial charge in [0.15, 0.2) is 11.5 Å². The smallest absolute Gasteiger partial charge is 0.356 e. The molecule has 9 heteroatoms. The van der Waals surface area contributed by atoms with Gasteiger partial charge in [0.1, 0.15) is 0 Å². The second-order valence-corrected chi connectivity index (χ2v) is 3.36. The maximum atomic E-state index is 11.6. The number of hydrogen-bond acceptors (Lipinski definition) is 6. The lowest BCUT2D eigenvalue weighted by Gasteiger charge is -2.07. The number of aromatic nitrogens is 3. The predicted molar refractivity (Wildman–Crippen MR) is 61.4 cm³/mol. The van der Waals surface area contributed by atoms with Crippen LogP contribution in [0.2, 0.25) is 0 Å². The first-order valence-corrected chi connectivity index (χ1v) is 5.15. The molecule has 9 nitrogen and oxygen atoms in total. The molecule has 2 aromatic rings. The minimum Gasteiger partial charge on any atom is -0.476 e. The van der Waals surface area contributed by atoms with E-state index in [2.05, 4.69) is 30.3 Å². The Morgan fingerprint density at radius 3 is 2.89 bits per heavy atom. The second-order valence-electron chi connectivity index (χ2n) is 3.36. The fraction of sp³-hybridized carbons (Fsp3) is 0.100. The van der Waals surface area contributed by atoms with Gasteiger partial charge in [0, 0.05) is 6.20 Å². The number of nitrogens with zero attached hydrogens (tertiary/aromatic N) is 3. The molecule has 19 heavy (non-hydrogen) atoms. The number of carbonyl (C=O) groups is 2. The minimum absolute atomic E-state index is 0.0605. The van der Waals surface area contributed by atoms with Crippen molar-refractivity contribution in [2.75, 3.05) is 5.32 Å². The molecule has 98 valence electrons. The molecular formula is C10H9N5O4. The number of carboxylic acid groups (broad SMARTS) is 1. The molecule has 0 radical (unpaired) electrons. The van der Waals surface area contributed by atoms with Crippen molar-refractivity contribution >= 4 is 17.7 Å². The van der Waals surface area contributed by atoms with Crippen LogP contribution in [0.15, 0.2) is 29.2 Å². The van der Waals surface area contributed by atoms with Crippen LogP contribution in [-0.4, -0.2) is 32.2 Å². The molecule has 0 fully saturated rings. The third-order valence-corrected chi connectivity index (χ3v) is 2.07. The van der Waals surface area contributed by atoms with E-state index in [0.29, 0.717) is 5.82 Å². The molecule has 0 aromatic carbocycles. The lowest BCUT2D eigenvalue weighted by atomic mass is 10.3. The molecule has 0 spiro atoms. The van der Waals surface area contributed by atoms with Crippen molar-refractivity contribution in [3.8, 4) is 0 Å². The van der Waals surface area contributed by atoms with Crippen molar-refractivity contribution in [3.63, 3.8) is 0 Å². The summed E-state index contributed by atoms with van der Waals surface area (Å²) >= 11 is 0. The van der Waals surface area contributed by atoms with Crippen molar-refractivity contribution in [2.45, 2.75) is 6.54 Å². The van der Waals surface area contributed by atoms with E-state index < -0.39 is 12.0 Å². The Kier molecular flexibility index (Phi) is 3.67. The normalized spacial score (nSPS) is 9.89. The summed E-state index contributed by atoms with van der Waals surface area (Å²) in [7, 11) is 0. The van der Waals surface area contributed by atoms with Crippen molar-refractivity contribution in [3.05, 3.63) is 36.2 Å². The van der Waals surface area contributed by atoms with Gasteiger partial charge in [-0.2, -0.15) is 4.98 Å². The predicted octanol–water partition coefficient (Wildman–Crippen LogP) is 0.485. The largest absolute Gasteiger partial charge is 0.476 e. The van der Waals surface area contributed by atoms with Gasteiger partial charge in [-0.15, -0.1) is 0 Å². The van der Waals surface area contributed by atoms with E-state index in [1.165, 1.54) is 18.3 Å². The number of carboxylic acids is 1. The number of aromatic carboxylic acids is 1. The Morgan fingerprint density at radius 1 is 1.37 bits per heavy atom. The van der Waals surface area contributed by atoms with E-state index >= 15 is 0 Å². The fourth-order valence-electron chi connectivity index (χ4n) is 1.27. The Hall–Kier alpha value is -2.97. The Morgan fingerprint density at radius 2 is 2.21 bits per heavy atom. The molecule has 0 atom stereocenters. The van der Waals surface area contributed by atoms with Gasteiger partial charge in [-0.3, -0.25) is 0 Å². The maximum Gasteiger partial charge on any atom is 0.356 e. The van der Waals surface area contributed by atoms with Crippen molar-refractivity contribution in [2.24, 2.45) is 0 Å². The zero-order valence-electron chi connectivity index (χ0n) is 9.53. The molecule has 0 aliphatic carbocycles. The number of nitrogens with one attached hydrogen (secondary N) is 2. The molecule has 2 rings (SSSR count). The van der Waals surface area contributed by atoms with Crippen LogP contribution >= 0.6 is 0 Å². The zero-order chi connectivity index (χ0) is 13.7. The molecule has 3 N–H and O–H groups in total. The summed E-state index contributed by atoms with van der Waals surface area (Å²) in [5.74, 6) is -0.922. The molecule has 0 unspecified atom stereocenters. The summed E-state index contributed by atoms with van der Waals surface area (Å²) in [5.41, 5.74) is -0.141. The van der Waals surface area contributed by atoms with Gasteiger partial charge in [-0.1, -0.05) is 5.16 Å². The van der Waals surface area contributed by atoms with Gasteiger partial charge < -0.3 is 20.3 Å². The van der Waals surface area contributed by atoms with Crippen LogP contribution in [0.3, 0.4) is 0 Å². The topological polar surface area (TPSA) is 130 Å². The van der Waals surface area contributed by atoms with Crippen LogP contribution in [0.1, 0.15) is 16.3 Å². The minimum atomic E-state index is -1.23. The van der Waals surface area contributed by atoms with Crippen LogP contribution in [0, 0.1) is 0 Å². The average molecular weight is 263 g/mol. The van der Waals surface area contributed by atoms with Crippen LogP contribution in [0.25, 0.3) is 0 Å². The molecule has 0 saturated heterocycles. The molecule has 2 aromatic heterocycles. The Labute approximate surface area is 106 Å². The first-order valence-electron chi connectivity index (χ1n) is 5.15. The van der Waals surface area contributed by atoms with Crippen LogP contribution < -0.4 is 10.6 Å². The highest BCUT2D eigenvalue weighted by Gasteiger charge is 2.13. The number of anilines is 1. The van der Waals surface area contributed by atoms with Gasteiger partial charge in [0.25, 0.3) is 0 Å². The average Bonchev–Trinajstić information content (AvgIpc) is 2.90. The Balaban J connectivity index is 1.97. The Bertz CT molecular complexity index is 583. The number of rotatable bonds is 4. The first-order chi connectivity index (χ1) is 9.16. The third-order valence-electron chi connectivity index (χ3n) is 2.07. The summed E-state index contributed by atoms with van der Waals surface area (Å²) < 4.78 is 4.50. The zero-order valence-corrected chi connectivity index (χ0v) is 9.53. The molecule has 2 amide bonds. The van der Waals surface area contributed by atoms with E-state index in [1.807, 2.05) is 0 Å². The monoisotopic (exact) mass is 263 g/mol. The van der Waals surface area contributed by atoms with Gasteiger partial charge in [0.2, 0.25) is 6.39 Å². The maximum absolute atomic E-state index is 11.6. The summed E-state index contributed by atoms with van der Waals surface area (Å²) in [6.07, 6.45) is 2.46. The SMILES string of the molecule is O=C(NCc1ncon1)Nc1cccnc1C(=O)O. The van der Waals surface area contributed by atoms with Gasteiger partial charge in [-0.25, -0.2) is 14.6 Å². The first kappa shape index (κ1) is 12.5. The van der Waals surface area contributed by atoms with E-state index in [9.17, 15) is 9.59 Å². The second kappa shape index (κ2) is 5.58. The molecule has 0 aliphatic rings. The number of urea groups is 1. The number of carbonyl (C=O) groups excluding carboxylic acids is 1. The summed E-state index contributed by atoms with van der Waals surface area (Å²) in [4.78, 5) is 29.8. The van der Waals surface area contributed by atoms with Gasteiger partial charge >= 0.3 is 12.0 Å². The van der Waals surface area contributed by atoms with E-state index in [4.69, 9.17) is 5.11 Å². The van der Waals surface area contributed by atoms with E-state index in [1.54, 1.807) is 0 Å². The van der Waals surface area contributed by atoms with E-state index in [0.717, 1.165) is 6.39 Å². The molecule has 2 heterocycles. The fourth-order valence-corrected chi connectivity index (χ4v) is 1.27. The highest BCUT2D eigenvalue weighted by atomic mass is 16.5. The van der Waals surface area contributed by atoms with E-state index in [-0.39, 0.29) is 17.9 Å². The van der Waals surface area contributed by atoms with Gasteiger partial charge in [-0.05, 0) is 12.1 Å². The number of hydrogen-bond donors (Lipinski definition) is 3. The standard InChI is InChI=1S/C10H9N5O4/c16-9(17)8-6(2-1-3-11-8)14-10(18)12-4-7-13-5-19-15-7/h1-3,5H,4H2,(H,16,17)(H2,12,14,18). The van der Waals surface area contributed by atoms with Crippen molar-refractivity contribution < 1.29 is 19.2 Å². The third kappa shape index (κ3) is 3.25. The quantitative estimate of drug-likeness (QED) is 0.731. The highest BCUT2D eigenvalue weighted by Crippen LogP contribution is 2.11.